The number of imide groups is 1. The first-order chi connectivity index (χ1) is 10.5. The van der Waals surface area contributed by atoms with E-state index in [1.165, 1.54) is 0 Å². The van der Waals surface area contributed by atoms with E-state index in [9.17, 15) is 19.2 Å². The average molecular weight is 344 g/mol. The smallest absolute Gasteiger partial charge is 0.344 e. The van der Waals surface area contributed by atoms with Crippen LogP contribution in [-0.2, 0) is 9.53 Å². The Balaban J connectivity index is 2.60. The van der Waals surface area contributed by atoms with Crippen molar-refractivity contribution in [2.45, 2.75) is 33.2 Å². The fourth-order valence-corrected chi connectivity index (χ4v) is 1.65. The van der Waals surface area contributed by atoms with E-state index in [4.69, 9.17) is 11.6 Å². The molecule has 0 unspecified atom stereocenters. The Morgan fingerprint density at radius 1 is 1.30 bits per heavy atom. The third-order valence-electron chi connectivity index (χ3n) is 2.50. The summed E-state index contributed by atoms with van der Waals surface area (Å²) in [5.41, 5.74) is -1.14. The first-order valence-corrected chi connectivity index (χ1v) is 7.06. The summed E-state index contributed by atoms with van der Waals surface area (Å²) in [5.74, 6) is -1.84. The maximum atomic E-state index is 11.8. The topological polar surface area (TPSA) is 117 Å². The number of aromatic amines is 1. The first kappa shape index (κ1) is 18.7. The van der Waals surface area contributed by atoms with Crippen molar-refractivity contribution in [3.63, 3.8) is 0 Å². The second kappa shape index (κ2) is 7.28. The number of hydrogen-bond donors (Lipinski definition) is 3. The Morgan fingerprint density at radius 3 is 2.48 bits per heavy atom. The number of halogens is 1. The number of urea groups is 1. The molecule has 8 nitrogen and oxygen atoms in total. The predicted molar refractivity (Wildman–Crippen MR) is 83.5 cm³/mol. The molecule has 1 aromatic heterocycles. The highest BCUT2D eigenvalue weighted by molar-refractivity contribution is 6.31. The van der Waals surface area contributed by atoms with Gasteiger partial charge < -0.3 is 15.0 Å². The van der Waals surface area contributed by atoms with Crippen molar-refractivity contribution in [3.8, 4) is 0 Å². The zero-order chi connectivity index (χ0) is 17.8. The molecule has 0 bridgehead atoms. The molecule has 1 rings (SSSR count). The van der Waals surface area contributed by atoms with E-state index in [2.05, 4.69) is 15.0 Å². The van der Waals surface area contributed by atoms with Crippen LogP contribution in [0.25, 0.3) is 0 Å². The molecule has 0 fully saturated rings. The van der Waals surface area contributed by atoms with Gasteiger partial charge in [0.1, 0.15) is 10.6 Å². The van der Waals surface area contributed by atoms with Gasteiger partial charge in [-0.2, -0.15) is 0 Å². The van der Waals surface area contributed by atoms with Gasteiger partial charge in [0.2, 0.25) is 5.43 Å². The second-order valence-electron chi connectivity index (χ2n) is 5.80. The first-order valence-electron chi connectivity index (χ1n) is 6.68. The Morgan fingerprint density at radius 2 is 1.91 bits per heavy atom. The summed E-state index contributed by atoms with van der Waals surface area (Å²) in [6.07, 6.45) is 1.15. The summed E-state index contributed by atoms with van der Waals surface area (Å²) in [5, 5.41) is 4.38. The van der Waals surface area contributed by atoms with Crippen molar-refractivity contribution >= 4 is 29.5 Å². The lowest BCUT2D eigenvalue weighted by atomic mass is 10.1. The van der Waals surface area contributed by atoms with Gasteiger partial charge in [0.25, 0.3) is 5.91 Å². The zero-order valence-electron chi connectivity index (χ0n) is 13.2. The summed E-state index contributed by atoms with van der Waals surface area (Å²) in [6.45, 7) is 6.08. The summed E-state index contributed by atoms with van der Waals surface area (Å²) < 4.78 is 4.69. The highest BCUT2D eigenvalue weighted by Gasteiger charge is 2.19. The Kier molecular flexibility index (Phi) is 5.91. The van der Waals surface area contributed by atoms with Gasteiger partial charge in [0.05, 0.1) is 0 Å². The van der Waals surface area contributed by atoms with Gasteiger partial charge in [-0.3, -0.25) is 14.9 Å². The van der Waals surface area contributed by atoms with Crippen LogP contribution < -0.4 is 16.1 Å². The molecule has 0 radical (unpaired) electrons. The highest BCUT2D eigenvalue weighted by atomic mass is 35.5. The van der Waals surface area contributed by atoms with Crippen molar-refractivity contribution < 1.29 is 19.1 Å². The van der Waals surface area contributed by atoms with E-state index in [1.807, 2.05) is 5.32 Å². The number of carbonyl (C=O) groups is 3. The zero-order valence-corrected chi connectivity index (χ0v) is 14.0. The molecule has 0 saturated carbocycles. The van der Waals surface area contributed by atoms with Crippen LogP contribution in [0.5, 0.6) is 0 Å². The molecule has 1 heterocycles. The molecular formula is C14H18ClN3O5. The second-order valence-corrected chi connectivity index (χ2v) is 6.18. The van der Waals surface area contributed by atoms with Crippen LogP contribution in [0.4, 0.5) is 4.79 Å². The molecule has 0 aliphatic carbocycles. The van der Waals surface area contributed by atoms with Crippen molar-refractivity contribution in [3.05, 3.63) is 32.7 Å². The monoisotopic (exact) mass is 343 g/mol. The van der Waals surface area contributed by atoms with Crippen molar-refractivity contribution in [1.29, 1.82) is 0 Å². The molecule has 0 saturated heterocycles. The summed E-state index contributed by atoms with van der Waals surface area (Å²) in [7, 11) is 0. The van der Waals surface area contributed by atoms with E-state index in [0.717, 1.165) is 6.20 Å². The number of amides is 3. The predicted octanol–water partition coefficient (Wildman–Crippen LogP) is 1.12. The molecule has 0 aromatic carbocycles. The number of rotatable bonds is 3. The third-order valence-corrected chi connectivity index (χ3v) is 2.96. The lowest BCUT2D eigenvalue weighted by molar-refractivity contribution is -0.123. The minimum absolute atomic E-state index is 0.131. The SMILES string of the molecule is Cc1[nH]cc(C(=O)OCC(=O)NC(=O)NC(C)(C)C)c(=O)c1Cl. The van der Waals surface area contributed by atoms with Crippen LogP contribution in [-0.4, -0.2) is 35.0 Å². The van der Waals surface area contributed by atoms with Crippen LogP contribution in [0, 0.1) is 6.92 Å². The lowest BCUT2D eigenvalue weighted by Gasteiger charge is -2.20. The van der Waals surface area contributed by atoms with Gasteiger partial charge in [-0.25, -0.2) is 9.59 Å². The molecular weight excluding hydrogens is 326 g/mol. The van der Waals surface area contributed by atoms with E-state index in [0.29, 0.717) is 5.69 Å². The number of pyridine rings is 1. The molecule has 126 valence electrons. The molecule has 0 spiro atoms. The Bertz CT molecular complexity index is 691. The Hall–Kier alpha value is -2.35. The van der Waals surface area contributed by atoms with E-state index < -0.39 is 35.5 Å². The fourth-order valence-electron chi connectivity index (χ4n) is 1.49. The summed E-state index contributed by atoms with van der Waals surface area (Å²) >= 11 is 5.74. The van der Waals surface area contributed by atoms with E-state index in [-0.39, 0.29) is 10.6 Å². The largest absolute Gasteiger partial charge is 0.452 e. The maximum Gasteiger partial charge on any atom is 0.344 e. The van der Waals surface area contributed by atoms with Crippen LogP contribution in [0.1, 0.15) is 36.8 Å². The average Bonchev–Trinajstić information content (AvgIpc) is 2.40. The lowest BCUT2D eigenvalue weighted by Crippen LogP contribution is -2.49. The molecule has 3 amide bonds. The van der Waals surface area contributed by atoms with Crippen LogP contribution in [0.3, 0.4) is 0 Å². The molecule has 0 aliphatic rings. The number of ether oxygens (including phenoxy) is 1. The van der Waals surface area contributed by atoms with Gasteiger partial charge in [-0.1, -0.05) is 11.6 Å². The standard InChI is InChI=1S/C14H18ClN3O5/c1-7-10(15)11(20)8(5-16-7)12(21)23-6-9(19)17-13(22)18-14(2,3)4/h5H,6H2,1-4H3,(H,16,20)(H2,17,18,19,22). The van der Waals surface area contributed by atoms with Gasteiger partial charge in [0.15, 0.2) is 6.61 Å². The van der Waals surface area contributed by atoms with Gasteiger partial charge in [-0.15, -0.1) is 0 Å². The number of nitrogens with one attached hydrogen (secondary N) is 3. The molecule has 23 heavy (non-hydrogen) atoms. The summed E-state index contributed by atoms with van der Waals surface area (Å²) in [6, 6.07) is -0.713. The number of carbonyl (C=O) groups excluding carboxylic acids is 3. The minimum Gasteiger partial charge on any atom is -0.452 e. The quantitative estimate of drug-likeness (QED) is 0.711. The van der Waals surface area contributed by atoms with Gasteiger partial charge >= 0.3 is 12.0 Å². The molecule has 0 aliphatic heterocycles. The van der Waals surface area contributed by atoms with Gasteiger partial charge in [-0.05, 0) is 27.7 Å². The normalized spacial score (nSPS) is 10.8. The third kappa shape index (κ3) is 5.74. The number of aryl methyl sites for hydroxylation is 1. The van der Waals surface area contributed by atoms with Crippen molar-refractivity contribution in [2.24, 2.45) is 0 Å². The number of H-pyrrole nitrogens is 1. The maximum absolute atomic E-state index is 11.8. The van der Waals surface area contributed by atoms with Crippen LogP contribution >= 0.6 is 11.6 Å². The molecule has 0 atom stereocenters. The number of aromatic nitrogens is 1. The minimum atomic E-state index is -1.01. The Labute approximate surface area is 137 Å². The van der Waals surface area contributed by atoms with E-state index in [1.54, 1.807) is 27.7 Å². The molecule has 3 N–H and O–H groups in total. The van der Waals surface area contributed by atoms with Crippen LogP contribution in [0.2, 0.25) is 5.02 Å². The van der Waals surface area contributed by atoms with Crippen molar-refractivity contribution in [2.75, 3.05) is 6.61 Å². The molecule has 1 aromatic rings. The van der Waals surface area contributed by atoms with E-state index >= 15 is 0 Å². The van der Waals surface area contributed by atoms with Crippen molar-refractivity contribution in [1.82, 2.24) is 15.6 Å². The number of hydrogen-bond acceptors (Lipinski definition) is 5. The highest BCUT2D eigenvalue weighted by Crippen LogP contribution is 2.08. The molecule has 9 heteroatoms. The van der Waals surface area contributed by atoms with Crippen LogP contribution in [0.15, 0.2) is 11.0 Å². The van der Waals surface area contributed by atoms with Gasteiger partial charge in [0, 0.05) is 17.4 Å². The number of esters is 1. The summed E-state index contributed by atoms with van der Waals surface area (Å²) in [4.78, 5) is 49.2. The fraction of sp³-hybridized carbons (Fsp3) is 0.429.